The standard InChI is InChI=1S/C21H28N6O2S/c1-14(2)17-13-22-27-19(17)24-21(30(4,28)29)25-20(27)23-15(3)16-9-5-6-10-18(16)26-11-7-8-12-26/h5-6,9-10,13-15H,7-8,11-12H2,1-4H3,(H,23,24,25). The van der Waals surface area contributed by atoms with Gasteiger partial charge in [0.25, 0.3) is 5.16 Å². The van der Waals surface area contributed by atoms with Crippen molar-refractivity contribution in [3.8, 4) is 0 Å². The molecule has 4 rings (SSSR count). The first-order chi connectivity index (χ1) is 14.3. The van der Waals surface area contributed by atoms with Gasteiger partial charge in [-0.15, -0.1) is 0 Å². The maximum Gasteiger partial charge on any atom is 0.252 e. The van der Waals surface area contributed by atoms with Gasteiger partial charge in [0.05, 0.1) is 12.2 Å². The average Bonchev–Trinajstić information content (AvgIpc) is 3.37. The summed E-state index contributed by atoms with van der Waals surface area (Å²) < 4.78 is 26.0. The van der Waals surface area contributed by atoms with E-state index in [0.717, 1.165) is 30.5 Å². The Balaban J connectivity index is 1.77. The van der Waals surface area contributed by atoms with Crippen molar-refractivity contribution in [2.75, 3.05) is 29.6 Å². The fraction of sp³-hybridized carbons (Fsp3) is 0.476. The zero-order valence-electron chi connectivity index (χ0n) is 17.8. The minimum atomic E-state index is -3.57. The van der Waals surface area contributed by atoms with Crippen LogP contribution in [0.25, 0.3) is 5.65 Å². The predicted octanol–water partition coefficient (Wildman–Crippen LogP) is 3.42. The molecule has 2 aromatic heterocycles. The number of nitrogens with zero attached hydrogens (tertiary/aromatic N) is 5. The van der Waals surface area contributed by atoms with E-state index < -0.39 is 9.84 Å². The summed E-state index contributed by atoms with van der Waals surface area (Å²) in [5.41, 5.74) is 3.74. The van der Waals surface area contributed by atoms with Gasteiger partial charge in [0, 0.05) is 30.6 Å². The lowest BCUT2D eigenvalue weighted by Gasteiger charge is -2.25. The molecule has 1 N–H and O–H groups in total. The topological polar surface area (TPSA) is 92.5 Å². The second-order valence-electron chi connectivity index (χ2n) is 8.21. The molecule has 1 saturated heterocycles. The van der Waals surface area contributed by atoms with Gasteiger partial charge in [0.2, 0.25) is 15.8 Å². The lowest BCUT2D eigenvalue weighted by molar-refractivity contribution is 0.591. The van der Waals surface area contributed by atoms with Crippen LogP contribution in [0, 0.1) is 0 Å². The SMILES string of the molecule is CC(C)c1cnn2c(NC(C)c3ccccc3N3CCCC3)nc(S(C)(=O)=O)nc12. The van der Waals surface area contributed by atoms with Gasteiger partial charge in [-0.1, -0.05) is 32.0 Å². The van der Waals surface area contributed by atoms with Crippen molar-refractivity contribution >= 4 is 27.1 Å². The molecular formula is C21H28N6O2S. The van der Waals surface area contributed by atoms with Crippen LogP contribution < -0.4 is 10.2 Å². The molecule has 0 bridgehead atoms. The van der Waals surface area contributed by atoms with E-state index in [4.69, 9.17) is 0 Å². The molecule has 3 aromatic rings. The summed E-state index contributed by atoms with van der Waals surface area (Å²) in [7, 11) is -3.57. The molecule has 0 radical (unpaired) electrons. The van der Waals surface area contributed by atoms with E-state index in [0.29, 0.717) is 11.6 Å². The number of sulfone groups is 1. The summed E-state index contributed by atoms with van der Waals surface area (Å²) in [6.45, 7) is 8.21. The van der Waals surface area contributed by atoms with E-state index in [1.807, 2.05) is 19.9 Å². The highest BCUT2D eigenvalue weighted by atomic mass is 32.2. The largest absolute Gasteiger partial charge is 0.371 e. The normalized spacial score (nSPS) is 15.8. The maximum atomic E-state index is 12.2. The molecular weight excluding hydrogens is 400 g/mol. The zero-order valence-corrected chi connectivity index (χ0v) is 18.6. The van der Waals surface area contributed by atoms with Crippen LogP contribution in [0.15, 0.2) is 35.6 Å². The first-order valence-electron chi connectivity index (χ1n) is 10.3. The smallest absolute Gasteiger partial charge is 0.252 e. The van der Waals surface area contributed by atoms with Crippen molar-refractivity contribution in [2.45, 2.75) is 50.7 Å². The molecule has 1 fully saturated rings. The maximum absolute atomic E-state index is 12.2. The molecule has 1 aromatic carbocycles. The number of fused-ring (bicyclic) bond motifs is 1. The number of para-hydroxylation sites is 1. The summed E-state index contributed by atoms with van der Waals surface area (Å²) in [5.74, 6) is 0.530. The third kappa shape index (κ3) is 3.86. The minimum absolute atomic E-state index is 0.0981. The third-order valence-electron chi connectivity index (χ3n) is 5.52. The Labute approximate surface area is 177 Å². The van der Waals surface area contributed by atoms with E-state index in [-0.39, 0.29) is 17.1 Å². The molecule has 30 heavy (non-hydrogen) atoms. The Morgan fingerprint density at radius 3 is 2.40 bits per heavy atom. The van der Waals surface area contributed by atoms with Crippen LogP contribution in [0.2, 0.25) is 0 Å². The fourth-order valence-electron chi connectivity index (χ4n) is 3.91. The molecule has 1 aliphatic rings. The van der Waals surface area contributed by atoms with Crippen LogP contribution in [0.3, 0.4) is 0 Å². The zero-order chi connectivity index (χ0) is 21.5. The summed E-state index contributed by atoms with van der Waals surface area (Å²) in [4.78, 5) is 11.0. The van der Waals surface area contributed by atoms with Gasteiger partial charge < -0.3 is 10.2 Å². The number of hydrogen-bond acceptors (Lipinski definition) is 7. The van der Waals surface area contributed by atoms with Crippen LogP contribution >= 0.6 is 0 Å². The Kier molecular flexibility index (Phi) is 5.40. The monoisotopic (exact) mass is 428 g/mol. The predicted molar refractivity (Wildman–Crippen MR) is 118 cm³/mol. The van der Waals surface area contributed by atoms with E-state index in [9.17, 15) is 8.42 Å². The third-order valence-corrected chi connectivity index (χ3v) is 6.37. The van der Waals surface area contributed by atoms with Crippen LogP contribution in [0.5, 0.6) is 0 Å². The summed E-state index contributed by atoms with van der Waals surface area (Å²) >= 11 is 0. The number of benzene rings is 1. The highest BCUT2D eigenvalue weighted by molar-refractivity contribution is 7.90. The number of nitrogens with one attached hydrogen (secondary N) is 1. The van der Waals surface area contributed by atoms with Crippen molar-refractivity contribution in [3.63, 3.8) is 0 Å². The Bertz CT molecular complexity index is 1170. The minimum Gasteiger partial charge on any atom is -0.371 e. The summed E-state index contributed by atoms with van der Waals surface area (Å²) in [6, 6.07) is 8.22. The van der Waals surface area contributed by atoms with Crippen LogP contribution in [-0.4, -0.2) is 47.3 Å². The van der Waals surface area contributed by atoms with Gasteiger partial charge >= 0.3 is 0 Å². The van der Waals surface area contributed by atoms with Crippen molar-refractivity contribution in [3.05, 3.63) is 41.6 Å². The fourth-order valence-corrected chi connectivity index (χ4v) is 4.42. The highest BCUT2D eigenvalue weighted by Gasteiger charge is 2.23. The molecule has 1 atom stereocenters. The molecule has 1 unspecified atom stereocenters. The highest BCUT2D eigenvalue weighted by Crippen LogP contribution is 2.31. The summed E-state index contributed by atoms with van der Waals surface area (Å²) in [5, 5.41) is 7.63. The van der Waals surface area contributed by atoms with Crippen molar-refractivity contribution in [1.82, 2.24) is 19.6 Å². The van der Waals surface area contributed by atoms with E-state index >= 15 is 0 Å². The first-order valence-corrected chi connectivity index (χ1v) is 12.2. The summed E-state index contributed by atoms with van der Waals surface area (Å²) in [6.07, 6.45) is 5.26. The molecule has 0 amide bonds. The Hall–Kier alpha value is -2.68. The number of rotatable bonds is 6. The van der Waals surface area contributed by atoms with Gasteiger partial charge in [0.1, 0.15) is 0 Å². The molecule has 1 aliphatic heterocycles. The average molecular weight is 429 g/mol. The lowest BCUT2D eigenvalue weighted by atomic mass is 10.1. The molecule has 0 saturated carbocycles. The number of aromatic nitrogens is 4. The molecule has 3 heterocycles. The Morgan fingerprint density at radius 2 is 1.73 bits per heavy atom. The van der Waals surface area contributed by atoms with E-state index in [1.165, 1.54) is 18.5 Å². The lowest BCUT2D eigenvalue weighted by Crippen LogP contribution is -2.22. The van der Waals surface area contributed by atoms with Crippen LogP contribution in [0.1, 0.15) is 56.7 Å². The number of hydrogen-bond donors (Lipinski definition) is 1. The van der Waals surface area contributed by atoms with Crippen LogP contribution in [-0.2, 0) is 9.84 Å². The van der Waals surface area contributed by atoms with Crippen LogP contribution in [0.4, 0.5) is 11.6 Å². The second kappa shape index (κ2) is 7.86. The molecule has 0 spiro atoms. The van der Waals surface area contributed by atoms with E-state index in [2.05, 4.69) is 50.4 Å². The van der Waals surface area contributed by atoms with Gasteiger partial charge in [-0.3, -0.25) is 0 Å². The second-order valence-corrected chi connectivity index (χ2v) is 10.1. The molecule has 160 valence electrons. The van der Waals surface area contributed by atoms with Crippen molar-refractivity contribution in [1.29, 1.82) is 0 Å². The van der Waals surface area contributed by atoms with Gasteiger partial charge in [-0.05, 0) is 37.3 Å². The quantitative estimate of drug-likeness (QED) is 0.643. The first kappa shape index (κ1) is 20.6. The Morgan fingerprint density at radius 1 is 1.03 bits per heavy atom. The number of anilines is 2. The molecule has 8 nitrogen and oxygen atoms in total. The van der Waals surface area contributed by atoms with Gasteiger partial charge in [-0.25, -0.2) is 8.42 Å². The molecule has 9 heteroatoms. The van der Waals surface area contributed by atoms with Gasteiger partial charge in [-0.2, -0.15) is 19.6 Å². The van der Waals surface area contributed by atoms with Crippen molar-refractivity contribution < 1.29 is 8.42 Å². The van der Waals surface area contributed by atoms with E-state index in [1.54, 1.807) is 10.7 Å². The van der Waals surface area contributed by atoms with Crippen molar-refractivity contribution in [2.24, 2.45) is 0 Å². The molecule has 0 aliphatic carbocycles. The van der Waals surface area contributed by atoms with Gasteiger partial charge in [0.15, 0.2) is 5.65 Å².